The van der Waals surface area contributed by atoms with Gasteiger partial charge in [0.25, 0.3) is 0 Å². The number of anilines is 2. The highest BCUT2D eigenvalue weighted by Gasteiger charge is 2.37. The summed E-state index contributed by atoms with van der Waals surface area (Å²) in [5.41, 5.74) is 0.267. The number of carbonyl (C=O) groups excluding carboxylic acids is 1. The van der Waals surface area contributed by atoms with Crippen LogP contribution >= 0.6 is 0 Å². The number of methoxy groups -OCH3 is 1. The van der Waals surface area contributed by atoms with E-state index < -0.39 is 17.8 Å². The van der Waals surface area contributed by atoms with E-state index in [0.29, 0.717) is 23.4 Å². The lowest BCUT2D eigenvalue weighted by Crippen LogP contribution is -2.33. The number of aromatic nitrogens is 2. The number of fused-ring (bicyclic) bond motifs is 1. The number of urea groups is 1. The van der Waals surface area contributed by atoms with Gasteiger partial charge in [0.15, 0.2) is 0 Å². The average molecular weight is 430 g/mol. The van der Waals surface area contributed by atoms with Crippen molar-refractivity contribution in [1.29, 1.82) is 0 Å². The minimum Gasteiger partial charge on any atom is -0.496 e. The lowest BCUT2D eigenvalue weighted by Gasteiger charge is -2.20. The van der Waals surface area contributed by atoms with Gasteiger partial charge in [-0.25, -0.2) is 9.78 Å². The van der Waals surface area contributed by atoms with Crippen molar-refractivity contribution in [2.45, 2.75) is 12.6 Å². The van der Waals surface area contributed by atoms with Gasteiger partial charge in [0.1, 0.15) is 11.5 Å². The van der Waals surface area contributed by atoms with E-state index in [0.717, 1.165) is 6.07 Å². The van der Waals surface area contributed by atoms with E-state index in [2.05, 4.69) is 15.3 Å². The van der Waals surface area contributed by atoms with Crippen LogP contribution in [0.15, 0.2) is 55.0 Å². The van der Waals surface area contributed by atoms with Crippen LogP contribution in [0.4, 0.5) is 29.3 Å². The van der Waals surface area contributed by atoms with Gasteiger partial charge in [-0.05, 0) is 42.3 Å². The maximum absolute atomic E-state index is 13.4. The van der Waals surface area contributed by atoms with E-state index in [9.17, 15) is 18.0 Å². The van der Waals surface area contributed by atoms with Crippen molar-refractivity contribution < 1.29 is 27.4 Å². The maximum atomic E-state index is 13.4. The highest BCUT2D eigenvalue weighted by molar-refractivity contribution is 6.03. The predicted molar refractivity (Wildman–Crippen MR) is 107 cm³/mol. The van der Waals surface area contributed by atoms with E-state index in [-0.39, 0.29) is 23.9 Å². The Balaban J connectivity index is 1.54. The molecule has 1 aromatic carbocycles. The molecular formula is C21H17F3N4O3. The number of nitrogens with zero attached hydrogens (tertiary/aromatic N) is 3. The first kappa shape index (κ1) is 20.5. The Labute approximate surface area is 175 Å². The number of halogens is 3. The molecule has 10 heteroatoms. The van der Waals surface area contributed by atoms with Crippen LogP contribution in [0.3, 0.4) is 0 Å². The van der Waals surface area contributed by atoms with Gasteiger partial charge in [0, 0.05) is 36.4 Å². The van der Waals surface area contributed by atoms with Crippen molar-refractivity contribution in [2.24, 2.45) is 0 Å². The summed E-state index contributed by atoms with van der Waals surface area (Å²) in [5.74, 6) is 0.442. The molecule has 1 aliphatic heterocycles. The molecule has 1 aliphatic rings. The lowest BCUT2D eigenvalue weighted by molar-refractivity contribution is -0.138. The molecule has 31 heavy (non-hydrogen) atoms. The summed E-state index contributed by atoms with van der Waals surface area (Å²) in [6.45, 7) is 0.246. The molecule has 0 atom stereocenters. The summed E-state index contributed by atoms with van der Waals surface area (Å²) in [6.07, 6.45) is 0.384. The Morgan fingerprint density at radius 3 is 2.74 bits per heavy atom. The standard InChI is InChI=1S/C21H17F3N4O3/c1-30-18-9-13-5-8-28(17(13)11-16(18)21(22,23)24)20(29)27-14-4-7-26-19(10-14)31-15-3-2-6-25-12-15/h2-4,6-7,9-12H,5,8H2,1H3,(H,26,27,29). The minimum atomic E-state index is -4.60. The average Bonchev–Trinajstić information content (AvgIpc) is 3.16. The second-order valence-corrected chi connectivity index (χ2v) is 6.68. The van der Waals surface area contributed by atoms with Crippen molar-refractivity contribution >= 4 is 17.4 Å². The van der Waals surface area contributed by atoms with E-state index in [4.69, 9.17) is 9.47 Å². The van der Waals surface area contributed by atoms with E-state index in [1.807, 2.05) is 0 Å². The van der Waals surface area contributed by atoms with Crippen molar-refractivity contribution in [3.05, 3.63) is 66.1 Å². The fourth-order valence-electron chi connectivity index (χ4n) is 3.28. The number of nitrogens with one attached hydrogen (secondary N) is 1. The third-order valence-electron chi connectivity index (χ3n) is 4.69. The molecule has 0 spiro atoms. The van der Waals surface area contributed by atoms with Gasteiger partial charge < -0.3 is 14.8 Å². The predicted octanol–water partition coefficient (Wildman–Crippen LogP) is 4.89. The van der Waals surface area contributed by atoms with Gasteiger partial charge in [-0.1, -0.05) is 0 Å². The Morgan fingerprint density at radius 1 is 1.19 bits per heavy atom. The van der Waals surface area contributed by atoms with Crippen LogP contribution in [0.25, 0.3) is 0 Å². The van der Waals surface area contributed by atoms with Gasteiger partial charge in [0.2, 0.25) is 5.88 Å². The zero-order valence-corrected chi connectivity index (χ0v) is 16.3. The largest absolute Gasteiger partial charge is 0.496 e. The Kier molecular flexibility index (Phi) is 5.37. The second-order valence-electron chi connectivity index (χ2n) is 6.68. The SMILES string of the molecule is COc1cc2c(cc1C(F)(F)F)N(C(=O)Nc1ccnc(Oc3cccnc3)c1)CC2. The fourth-order valence-corrected chi connectivity index (χ4v) is 3.28. The maximum Gasteiger partial charge on any atom is 0.420 e. The minimum absolute atomic E-state index is 0.200. The Bertz CT molecular complexity index is 1110. The zero-order valence-electron chi connectivity index (χ0n) is 16.3. The highest BCUT2D eigenvalue weighted by atomic mass is 19.4. The van der Waals surface area contributed by atoms with Crippen LogP contribution in [-0.2, 0) is 12.6 Å². The van der Waals surface area contributed by atoms with Gasteiger partial charge >= 0.3 is 12.2 Å². The molecule has 0 saturated carbocycles. The van der Waals surface area contributed by atoms with Crippen LogP contribution in [-0.4, -0.2) is 29.7 Å². The molecule has 0 saturated heterocycles. The number of ether oxygens (including phenoxy) is 2. The van der Waals surface area contributed by atoms with Gasteiger partial charge in [-0.2, -0.15) is 13.2 Å². The molecule has 0 unspecified atom stereocenters. The number of carbonyl (C=O) groups is 1. The van der Waals surface area contributed by atoms with Crippen LogP contribution in [0.1, 0.15) is 11.1 Å². The van der Waals surface area contributed by atoms with Crippen molar-refractivity contribution in [1.82, 2.24) is 9.97 Å². The number of amides is 2. The van der Waals surface area contributed by atoms with Crippen molar-refractivity contribution in [2.75, 3.05) is 23.9 Å². The first-order valence-electron chi connectivity index (χ1n) is 9.25. The molecule has 160 valence electrons. The van der Waals surface area contributed by atoms with Crippen LogP contribution in [0.2, 0.25) is 0 Å². The number of hydrogen-bond donors (Lipinski definition) is 1. The van der Waals surface area contributed by atoms with Crippen LogP contribution in [0, 0.1) is 0 Å². The molecule has 1 N–H and O–H groups in total. The third kappa shape index (κ3) is 4.37. The molecule has 3 aromatic rings. The molecule has 3 heterocycles. The summed E-state index contributed by atoms with van der Waals surface area (Å²) in [4.78, 5) is 22.1. The van der Waals surface area contributed by atoms with Crippen LogP contribution in [0.5, 0.6) is 17.4 Å². The molecule has 2 amide bonds. The van der Waals surface area contributed by atoms with E-state index in [1.165, 1.54) is 36.5 Å². The van der Waals surface area contributed by atoms with Crippen LogP contribution < -0.4 is 19.7 Å². The summed E-state index contributed by atoms with van der Waals surface area (Å²) >= 11 is 0. The first-order valence-corrected chi connectivity index (χ1v) is 9.25. The first-order chi connectivity index (χ1) is 14.8. The van der Waals surface area contributed by atoms with Crippen molar-refractivity contribution in [3.63, 3.8) is 0 Å². The molecule has 7 nitrogen and oxygen atoms in total. The number of rotatable bonds is 4. The summed E-state index contributed by atoms with van der Waals surface area (Å²) in [7, 11) is 1.19. The Morgan fingerprint density at radius 2 is 2.03 bits per heavy atom. The molecule has 4 rings (SSSR count). The highest BCUT2D eigenvalue weighted by Crippen LogP contribution is 2.42. The smallest absolute Gasteiger partial charge is 0.420 e. The molecule has 0 aliphatic carbocycles. The normalized spacial score (nSPS) is 13.0. The summed E-state index contributed by atoms with van der Waals surface area (Å²) in [6, 6.07) is 8.19. The number of benzene rings is 1. The quantitative estimate of drug-likeness (QED) is 0.638. The molecular weight excluding hydrogens is 413 g/mol. The number of alkyl halides is 3. The third-order valence-corrected chi connectivity index (χ3v) is 4.69. The van der Waals surface area contributed by atoms with Gasteiger partial charge in [0.05, 0.1) is 18.9 Å². The molecule has 0 fully saturated rings. The number of hydrogen-bond acceptors (Lipinski definition) is 5. The lowest BCUT2D eigenvalue weighted by atomic mass is 10.1. The topological polar surface area (TPSA) is 76.6 Å². The molecule has 2 aromatic heterocycles. The molecule has 0 bridgehead atoms. The van der Waals surface area contributed by atoms with Gasteiger partial charge in [-0.15, -0.1) is 0 Å². The Hall–Kier alpha value is -3.82. The zero-order chi connectivity index (χ0) is 22.0. The van der Waals surface area contributed by atoms with Crippen molar-refractivity contribution in [3.8, 4) is 17.4 Å². The van der Waals surface area contributed by atoms with E-state index >= 15 is 0 Å². The fraction of sp³-hybridized carbons (Fsp3) is 0.190. The second kappa shape index (κ2) is 8.13. The summed E-state index contributed by atoms with van der Waals surface area (Å²) < 4.78 is 50.6. The van der Waals surface area contributed by atoms with Gasteiger partial charge in [-0.3, -0.25) is 9.88 Å². The number of pyridine rings is 2. The summed E-state index contributed by atoms with van der Waals surface area (Å²) in [5, 5.41) is 2.68. The monoisotopic (exact) mass is 430 g/mol. The molecule has 0 radical (unpaired) electrons. The van der Waals surface area contributed by atoms with E-state index in [1.54, 1.807) is 24.4 Å².